The lowest BCUT2D eigenvalue weighted by molar-refractivity contribution is -0.121. The Bertz CT molecular complexity index is 935. The van der Waals surface area contributed by atoms with Crippen molar-refractivity contribution >= 4 is 17.4 Å². The molecular formula is C22H23FN4O. The fourth-order valence-electron chi connectivity index (χ4n) is 4.64. The third kappa shape index (κ3) is 3.19. The highest BCUT2D eigenvalue weighted by molar-refractivity contribution is 6.05. The lowest BCUT2D eigenvalue weighted by Crippen LogP contribution is -2.28. The molecule has 3 N–H and O–H groups in total. The lowest BCUT2D eigenvalue weighted by atomic mass is 9.84. The summed E-state index contributed by atoms with van der Waals surface area (Å²) in [5.41, 5.74) is 7.03. The van der Waals surface area contributed by atoms with Crippen LogP contribution in [-0.2, 0) is 10.2 Å². The van der Waals surface area contributed by atoms with Crippen LogP contribution in [0.15, 0.2) is 65.9 Å². The number of amides is 1. The molecule has 0 saturated heterocycles. The fourth-order valence-corrected chi connectivity index (χ4v) is 4.64. The molecular weight excluding hydrogens is 355 g/mol. The topological polar surface area (TPSA) is 80.4 Å². The summed E-state index contributed by atoms with van der Waals surface area (Å²) in [6, 6.07) is 12.8. The number of nitrogens with zero attached hydrogens (tertiary/aromatic N) is 2. The Hall–Kier alpha value is -3.02. The largest absolute Gasteiger partial charge is 0.384 e. The monoisotopic (exact) mass is 378 g/mol. The summed E-state index contributed by atoms with van der Waals surface area (Å²) in [6.07, 6.45) is 9.71. The van der Waals surface area contributed by atoms with E-state index in [4.69, 9.17) is 5.73 Å². The van der Waals surface area contributed by atoms with Crippen molar-refractivity contribution in [2.75, 3.05) is 5.32 Å². The van der Waals surface area contributed by atoms with Gasteiger partial charge in [-0.15, -0.1) is 0 Å². The minimum Gasteiger partial charge on any atom is -0.384 e. The van der Waals surface area contributed by atoms with Gasteiger partial charge in [-0.2, -0.15) is 9.38 Å². The van der Waals surface area contributed by atoms with Gasteiger partial charge in [-0.25, -0.2) is 4.98 Å². The van der Waals surface area contributed by atoms with Crippen LogP contribution in [0.5, 0.6) is 0 Å². The van der Waals surface area contributed by atoms with Crippen LogP contribution >= 0.6 is 0 Å². The number of carbonyl (C=O) groups excluding carboxylic acids is 1. The van der Waals surface area contributed by atoms with Gasteiger partial charge >= 0.3 is 0 Å². The third-order valence-corrected chi connectivity index (χ3v) is 6.04. The highest BCUT2D eigenvalue weighted by Crippen LogP contribution is 2.72. The predicted molar refractivity (Wildman–Crippen MR) is 107 cm³/mol. The van der Waals surface area contributed by atoms with E-state index >= 15 is 0 Å². The number of carbonyl (C=O) groups is 1. The van der Waals surface area contributed by atoms with Gasteiger partial charge in [-0.1, -0.05) is 43.2 Å². The van der Waals surface area contributed by atoms with Gasteiger partial charge in [-0.05, 0) is 42.4 Å². The maximum absolute atomic E-state index is 13.2. The van der Waals surface area contributed by atoms with Gasteiger partial charge in [0.15, 0.2) is 0 Å². The second-order valence-corrected chi connectivity index (χ2v) is 7.62. The molecule has 1 aromatic carbocycles. The molecule has 6 heteroatoms. The predicted octanol–water partition coefficient (Wildman–Crippen LogP) is 3.93. The van der Waals surface area contributed by atoms with Gasteiger partial charge in [0, 0.05) is 24.2 Å². The van der Waals surface area contributed by atoms with Crippen molar-refractivity contribution < 1.29 is 9.18 Å². The van der Waals surface area contributed by atoms with Gasteiger partial charge in [0.2, 0.25) is 5.95 Å². The van der Waals surface area contributed by atoms with E-state index in [1.165, 1.54) is 24.5 Å². The molecule has 28 heavy (non-hydrogen) atoms. The quantitative estimate of drug-likeness (QED) is 0.469. The number of nitrogens with one attached hydrogen (secondary N) is 1. The summed E-state index contributed by atoms with van der Waals surface area (Å²) in [7, 11) is 0. The molecule has 2 saturated carbocycles. The average molecular weight is 378 g/mol. The Labute approximate surface area is 163 Å². The summed E-state index contributed by atoms with van der Waals surface area (Å²) in [5, 5.41) is 2.89. The van der Waals surface area contributed by atoms with Crippen LogP contribution < -0.4 is 11.1 Å². The first-order valence-electron chi connectivity index (χ1n) is 9.55. The van der Waals surface area contributed by atoms with Crippen LogP contribution in [0.4, 0.5) is 10.1 Å². The van der Waals surface area contributed by atoms with Gasteiger partial charge in [-0.3, -0.25) is 4.79 Å². The summed E-state index contributed by atoms with van der Waals surface area (Å²) in [5.74, 6) is -0.615. The van der Waals surface area contributed by atoms with E-state index in [0.717, 1.165) is 37.7 Å². The molecule has 0 bridgehead atoms. The molecule has 4 rings (SSSR count). The Morgan fingerprint density at radius 2 is 1.96 bits per heavy atom. The molecule has 1 atom stereocenters. The zero-order chi connectivity index (χ0) is 19.6. The molecule has 0 radical (unpaired) electrons. The second kappa shape index (κ2) is 7.19. The number of hydrogen-bond acceptors (Lipinski definition) is 3. The van der Waals surface area contributed by atoms with Crippen LogP contribution in [0.25, 0.3) is 0 Å². The summed E-state index contributed by atoms with van der Waals surface area (Å²) >= 11 is 0. The molecule has 1 spiro atoms. The maximum atomic E-state index is 13.2. The summed E-state index contributed by atoms with van der Waals surface area (Å²) in [4.78, 5) is 20.9. The van der Waals surface area contributed by atoms with Crippen molar-refractivity contribution in [3.05, 3.63) is 72.4 Å². The molecule has 144 valence electrons. The van der Waals surface area contributed by atoms with Crippen LogP contribution in [0, 0.1) is 11.4 Å². The van der Waals surface area contributed by atoms with Crippen molar-refractivity contribution in [2.24, 2.45) is 16.1 Å². The molecule has 0 aliphatic heterocycles. The standard InChI is InChI=1S/C22H23FN4O/c23-18-14-17(8-12-26-18)25-13-9-19(24)27-20(28)22(16-6-2-1-3-7-16)15-21(22)10-4-5-11-21/h1-3,6-9,12-14H,4-5,10-11,15H2,(H,25,26)(H2,24,27,28)/b13-9-/t22-/m1/s1. The van der Waals surface area contributed by atoms with Crippen LogP contribution in [0.2, 0.25) is 0 Å². The first-order valence-corrected chi connectivity index (χ1v) is 9.55. The highest BCUT2D eigenvalue weighted by Gasteiger charge is 2.72. The van der Waals surface area contributed by atoms with E-state index in [-0.39, 0.29) is 17.2 Å². The SMILES string of the molecule is NC(/C=C\Nc1ccnc(F)c1)=NC(=O)[C@]1(c2ccccc2)CC12CCCC2. The zero-order valence-electron chi connectivity index (χ0n) is 15.6. The fraction of sp³-hybridized carbons (Fsp3) is 0.318. The maximum Gasteiger partial charge on any atom is 0.258 e. The molecule has 2 aliphatic carbocycles. The van der Waals surface area contributed by atoms with E-state index in [1.807, 2.05) is 30.3 Å². The Morgan fingerprint density at radius 3 is 2.68 bits per heavy atom. The smallest absolute Gasteiger partial charge is 0.258 e. The number of benzene rings is 1. The summed E-state index contributed by atoms with van der Waals surface area (Å²) < 4.78 is 13.1. The highest BCUT2D eigenvalue weighted by atomic mass is 19.1. The van der Waals surface area contributed by atoms with Crippen LogP contribution in [-0.4, -0.2) is 16.7 Å². The van der Waals surface area contributed by atoms with Gasteiger partial charge in [0.1, 0.15) is 5.84 Å². The Balaban J connectivity index is 1.52. The van der Waals surface area contributed by atoms with Gasteiger partial charge in [0.05, 0.1) is 5.41 Å². The molecule has 1 amide bonds. The Morgan fingerprint density at radius 1 is 1.21 bits per heavy atom. The number of anilines is 1. The van der Waals surface area contributed by atoms with Crippen molar-refractivity contribution in [1.29, 1.82) is 0 Å². The minimum absolute atomic E-state index is 0.0335. The molecule has 1 aromatic heterocycles. The number of halogens is 1. The number of aliphatic imine (C=N–C) groups is 1. The van der Waals surface area contributed by atoms with E-state index in [1.54, 1.807) is 6.07 Å². The summed E-state index contributed by atoms with van der Waals surface area (Å²) in [6.45, 7) is 0. The second-order valence-electron chi connectivity index (χ2n) is 7.62. The zero-order valence-corrected chi connectivity index (χ0v) is 15.6. The minimum atomic E-state index is -0.574. The number of hydrogen-bond donors (Lipinski definition) is 2. The molecule has 0 unspecified atom stereocenters. The first kappa shape index (κ1) is 18.3. The average Bonchev–Trinajstić information content (AvgIpc) is 3.10. The molecule has 2 aromatic rings. The van der Waals surface area contributed by atoms with Crippen molar-refractivity contribution in [2.45, 2.75) is 37.5 Å². The number of aromatic nitrogens is 1. The molecule has 1 heterocycles. The van der Waals surface area contributed by atoms with Gasteiger partial charge in [0.25, 0.3) is 5.91 Å². The number of pyridine rings is 1. The van der Waals surface area contributed by atoms with Crippen molar-refractivity contribution in [1.82, 2.24) is 4.98 Å². The van der Waals surface area contributed by atoms with E-state index in [0.29, 0.717) is 5.69 Å². The first-order chi connectivity index (χ1) is 13.6. The molecule has 2 fully saturated rings. The van der Waals surface area contributed by atoms with E-state index in [2.05, 4.69) is 15.3 Å². The third-order valence-electron chi connectivity index (χ3n) is 6.04. The lowest BCUT2D eigenvalue weighted by Gasteiger charge is -2.20. The van der Waals surface area contributed by atoms with Crippen molar-refractivity contribution in [3.8, 4) is 0 Å². The van der Waals surface area contributed by atoms with Crippen LogP contribution in [0.3, 0.4) is 0 Å². The molecule has 5 nitrogen and oxygen atoms in total. The normalized spacial score (nSPS) is 23.2. The molecule has 2 aliphatic rings. The van der Waals surface area contributed by atoms with E-state index in [9.17, 15) is 9.18 Å². The number of amidine groups is 1. The van der Waals surface area contributed by atoms with Crippen LogP contribution in [0.1, 0.15) is 37.7 Å². The number of rotatable bonds is 5. The van der Waals surface area contributed by atoms with E-state index < -0.39 is 11.4 Å². The van der Waals surface area contributed by atoms with Gasteiger partial charge < -0.3 is 11.1 Å². The number of nitrogens with two attached hydrogens (primary N) is 1. The Kier molecular flexibility index (Phi) is 4.71. The van der Waals surface area contributed by atoms with Crippen molar-refractivity contribution in [3.63, 3.8) is 0 Å².